The minimum atomic E-state index is 0. The predicted molar refractivity (Wildman–Crippen MR) is 31.5 cm³/mol. The fourth-order valence-corrected chi connectivity index (χ4v) is 0.939. The number of nitrogens with zero attached hydrogens (tertiary/aromatic N) is 1. The molecule has 1 radical (unpaired) electrons. The van der Waals surface area contributed by atoms with E-state index in [1.807, 2.05) is 5.38 Å². The van der Waals surface area contributed by atoms with Crippen molar-refractivity contribution in [3.05, 3.63) is 11.6 Å². The van der Waals surface area contributed by atoms with E-state index in [1.165, 1.54) is 0 Å². The monoisotopic (exact) mass is 180 g/mol. The van der Waals surface area contributed by atoms with Gasteiger partial charge in [0, 0.05) is 28.6 Å². The van der Waals surface area contributed by atoms with Crippen molar-refractivity contribution >= 4 is 25.3 Å². The number of hydrogen-bond acceptors (Lipinski definition) is 2. The van der Waals surface area contributed by atoms with E-state index in [0.717, 1.165) is 4.75 Å². The van der Waals surface area contributed by atoms with Gasteiger partial charge >= 0.3 is 0 Å². The summed E-state index contributed by atoms with van der Waals surface area (Å²) in [6, 6.07) is 0. The van der Waals surface area contributed by atoms with Gasteiger partial charge in [0.05, 0.1) is 0 Å². The molecule has 1 heterocycles. The van der Waals surface area contributed by atoms with E-state index in [4.69, 9.17) is 0 Å². The minimum Gasteiger partial charge on any atom is -0.245 e. The van der Waals surface area contributed by atoms with Crippen LogP contribution in [0, 0.1) is 0 Å². The topological polar surface area (TPSA) is 12.9 Å². The van der Waals surface area contributed by atoms with Crippen LogP contribution < -0.4 is 4.75 Å². The molecule has 1 atom stereocenters. The predicted octanol–water partition coefficient (Wildman–Crippen LogP) is 0.641. The maximum Gasteiger partial charge on any atom is 0.109 e. The van der Waals surface area contributed by atoms with Crippen LogP contribution in [0.1, 0.15) is 0 Å². The summed E-state index contributed by atoms with van der Waals surface area (Å²) in [5.74, 6) is 0. The number of rotatable bonds is 0. The molecule has 0 aromatic carbocycles. The van der Waals surface area contributed by atoms with Crippen molar-refractivity contribution in [1.29, 1.82) is 0 Å². The van der Waals surface area contributed by atoms with Crippen LogP contribution in [0.15, 0.2) is 11.6 Å². The van der Waals surface area contributed by atoms with Crippen molar-refractivity contribution in [2.45, 2.75) is 0 Å². The van der Waals surface area contributed by atoms with E-state index >= 15 is 0 Å². The normalized spacial score (nSPS) is 7.57. The summed E-state index contributed by atoms with van der Waals surface area (Å²) in [4.78, 5) is 3.90. The van der Waals surface area contributed by atoms with E-state index < -0.39 is 0 Å². The van der Waals surface area contributed by atoms with E-state index in [1.54, 1.807) is 17.5 Å². The van der Waals surface area contributed by atoms with Gasteiger partial charge in [-0.1, -0.05) is 9.24 Å². The largest absolute Gasteiger partial charge is 0.245 e. The maximum absolute atomic E-state index is 3.90. The molecule has 43 valence electrons. The van der Waals surface area contributed by atoms with Gasteiger partial charge in [0.15, 0.2) is 0 Å². The van der Waals surface area contributed by atoms with Crippen LogP contribution in [-0.4, -0.2) is 4.98 Å². The average molecular weight is 181 g/mol. The zero-order valence-corrected chi connectivity index (χ0v) is 6.30. The van der Waals surface area contributed by atoms with Gasteiger partial charge in [0.1, 0.15) is 4.75 Å². The van der Waals surface area contributed by atoms with Crippen molar-refractivity contribution in [3.63, 3.8) is 0 Å². The second-order valence-electron chi connectivity index (χ2n) is 0.870. The first-order valence-electron chi connectivity index (χ1n) is 1.54. The van der Waals surface area contributed by atoms with Crippen molar-refractivity contribution in [2.24, 2.45) is 0 Å². The van der Waals surface area contributed by atoms with Gasteiger partial charge in [-0.05, 0) is 0 Å². The van der Waals surface area contributed by atoms with Crippen LogP contribution in [0.25, 0.3) is 0 Å². The molecule has 0 spiro atoms. The molecule has 0 N–H and O–H groups in total. The Morgan fingerprint density at radius 2 is 2.43 bits per heavy atom. The number of hydrogen-bond donors (Lipinski definition) is 0. The molecule has 1 aromatic heterocycles. The molecular weight excluding hydrogens is 177 g/mol. The third-order valence-corrected chi connectivity index (χ3v) is 1.61. The first-order valence-corrected chi connectivity index (χ1v) is 3.00. The summed E-state index contributed by atoms with van der Waals surface area (Å²) in [7, 11) is 2.52. The molecule has 4 heteroatoms. The van der Waals surface area contributed by atoms with E-state index in [0.29, 0.717) is 0 Å². The fourth-order valence-electron chi connectivity index (χ4n) is 0.234. The summed E-state index contributed by atoms with van der Waals surface area (Å²) in [5, 5.41) is 1.95. The van der Waals surface area contributed by atoms with Crippen LogP contribution in [-0.2, 0) is 17.1 Å². The quantitative estimate of drug-likeness (QED) is 0.422. The summed E-state index contributed by atoms with van der Waals surface area (Å²) in [6.45, 7) is 0. The molecule has 0 bridgehead atoms. The van der Waals surface area contributed by atoms with Gasteiger partial charge in [-0.25, -0.2) is 4.98 Å². The maximum atomic E-state index is 3.90. The first-order chi connectivity index (χ1) is 2.89. The van der Waals surface area contributed by atoms with Crippen LogP contribution in [0.2, 0.25) is 0 Å². The number of aromatic nitrogens is 1. The third-order valence-electron chi connectivity index (χ3n) is 0.451. The minimum absolute atomic E-state index is 0. The van der Waals surface area contributed by atoms with Crippen LogP contribution in [0.3, 0.4) is 0 Å². The summed E-state index contributed by atoms with van der Waals surface area (Å²) < 4.78 is 1.05. The van der Waals surface area contributed by atoms with Gasteiger partial charge in [0.25, 0.3) is 0 Å². The Balaban J connectivity index is 0.000000360. The van der Waals surface area contributed by atoms with Crippen molar-refractivity contribution in [1.82, 2.24) is 4.98 Å². The molecule has 0 saturated carbocycles. The Kier molecular flexibility index (Phi) is 3.86. The third kappa shape index (κ3) is 2.40. The van der Waals surface area contributed by atoms with Crippen LogP contribution >= 0.6 is 20.6 Å². The molecule has 1 unspecified atom stereocenters. The molecule has 1 aromatic rings. The smallest absolute Gasteiger partial charge is 0.109 e. The van der Waals surface area contributed by atoms with Crippen molar-refractivity contribution in [3.8, 4) is 0 Å². The fraction of sp³-hybridized carbons (Fsp3) is 0. The van der Waals surface area contributed by atoms with Gasteiger partial charge in [-0.3, -0.25) is 0 Å². The Hall–Kier alpha value is 0.579. The van der Waals surface area contributed by atoms with E-state index in [9.17, 15) is 0 Å². The molecule has 0 saturated heterocycles. The zero-order chi connectivity index (χ0) is 4.41. The van der Waals surface area contributed by atoms with Gasteiger partial charge in [-0.15, -0.1) is 11.3 Å². The molecule has 7 heavy (non-hydrogen) atoms. The molecule has 0 aliphatic rings. The first kappa shape index (κ1) is 7.58. The summed E-state index contributed by atoms with van der Waals surface area (Å²) in [5.41, 5.74) is 0. The molecule has 0 fully saturated rings. The Morgan fingerprint density at radius 1 is 1.71 bits per heavy atom. The van der Waals surface area contributed by atoms with Crippen molar-refractivity contribution in [2.75, 3.05) is 0 Å². The average Bonchev–Trinajstić information content (AvgIpc) is 1.86. The SMILES string of the molecule is Pc1nccs1.[Cu]. The van der Waals surface area contributed by atoms with E-state index in [2.05, 4.69) is 14.2 Å². The molecule has 1 rings (SSSR count). The second kappa shape index (κ2) is 3.57. The van der Waals surface area contributed by atoms with Crippen LogP contribution in [0.4, 0.5) is 0 Å². The molecule has 0 aliphatic heterocycles. The summed E-state index contributed by atoms with van der Waals surface area (Å²) in [6.07, 6.45) is 1.78. The second-order valence-corrected chi connectivity index (χ2v) is 2.76. The van der Waals surface area contributed by atoms with E-state index in [-0.39, 0.29) is 17.1 Å². The Labute approximate surface area is 59.2 Å². The van der Waals surface area contributed by atoms with Crippen LogP contribution in [0.5, 0.6) is 0 Å². The number of thiazole rings is 1. The molecule has 1 nitrogen and oxygen atoms in total. The molecule has 0 amide bonds. The molecule has 0 aliphatic carbocycles. The zero-order valence-electron chi connectivity index (χ0n) is 3.39. The summed E-state index contributed by atoms with van der Waals surface area (Å²) >= 11 is 1.63. The standard InChI is InChI=1S/C3H4NPS.Cu/c5-3-4-1-2-6-3;/h1-2H,5H2;. The van der Waals surface area contributed by atoms with Gasteiger partial charge < -0.3 is 0 Å². The molecular formula is C3H4CuNPS. The Morgan fingerprint density at radius 3 is 2.57 bits per heavy atom. The van der Waals surface area contributed by atoms with Gasteiger partial charge in [0.2, 0.25) is 0 Å². The van der Waals surface area contributed by atoms with Crippen molar-refractivity contribution < 1.29 is 17.1 Å². The Bertz CT molecular complexity index is 118. The van der Waals surface area contributed by atoms with Gasteiger partial charge in [-0.2, -0.15) is 0 Å².